The van der Waals surface area contributed by atoms with E-state index in [2.05, 4.69) is 20.4 Å². The van der Waals surface area contributed by atoms with Crippen molar-refractivity contribution in [3.8, 4) is 22.6 Å². The van der Waals surface area contributed by atoms with Crippen molar-refractivity contribution in [2.24, 2.45) is 0 Å². The van der Waals surface area contributed by atoms with Gasteiger partial charge >= 0.3 is 12.1 Å². The monoisotopic (exact) mass is 412 g/mol. The Labute approximate surface area is 169 Å². The molecule has 1 atom stereocenters. The molecule has 3 N–H and O–H groups in total. The van der Waals surface area contributed by atoms with Gasteiger partial charge in [-0.15, -0.1) is 0 Å². The minimum atomic E-state index is -0.774. The number of anilines is 2. The largest absolute Gasteiger partial charge is 0.423 e. The summed E-state index contributed by atoms with van der Waals surface area (Å²) in [5, 5.41) is 6.26. The SMILES string of the molecule is CCC(=O)NC1CN(c2ccc(-c3ccc(-c4noc(N)n4)nc3)c(F)c2)C(=O)O1. The molecule has 0 aliphatic carbocycles. The summed E-state index contributed by atoms with van der Waals surface area (Å²) in [5.74, 6) is -0.553. The maximum Gasteiger partial charge on any atom is 0.416 e. The van der Waals surface area contributed by atoms with Gasteiger partial charge in [0, 0.05) is 23.7 Å². The Kier molecular flexibility index (Phi) is 5.00. The summed E-state index contributed by atoms with van der Waals surface area (Å²) in [7, 11) is 0. The molecule has 2 amide bonds. The number of nitrogens with zero attached hydrogens (tertiary/aromatic N) is 4. The van der Waals surface area contributed by atoms with Crippen molar-refractivity contribution in [1.82, 2.24) is 20.4 Å². The van der Waals surface area contributed by atoms with Gasteiger partial charge in [-0.25, -0.2) is 9.18 Å². The number of nitrogen functional groups attached to an aromatic ring is 1. The third-order valence-electron chi connectivity index (χ3n) is 4.46. The fraction of sp³-hybridized carbons (Fsp3) is 0.211. The van der Waals surface area contributed by atoms with E-state index in [9.17, 15) is 14.0 Å². The van der Waals surface area contributed by atoms with Crippen LogP contribution in [0.25, 0.3) is 22.6 Å². The van der Waals surface area contributed by atoms with Gasteiger partial charge in [-0.3, -0.25) is 14.7 Å². The first-order chi connectivity index (χ1) is 14.4. The van der Waals surface area contributed by atoms with Crippen LogP contribution in [0.5, 0.6) is 0 Å². The van der Waals surface area contributed by atoms with E-state index >= 15 is 0 Å². The molecule has 0 spiro atoms. The summed E-state index contributed by atoms with van der Waals surface area (Å²) in [5.41, 5.74) is 6.97. The maximum atomic E-state index is 14.8. The number of rotatable bonds is 5. The van der Waals surface area contributed by atoms with Gasteiger partial charge in [0.2, 0.25) is 11.7 Å². The second kappa shape index (κ2) is 7.78. The fourth-order valence-corrected chi connectivity index (χ4v) is 2.96. The summed E-state index contributed by atoms with van der Waals surface area (Å²) in [6.07, 6.45) is 0.308. The molecule has 1 aliphatic rings. The van der Waals surface area contributed by atoms with Crippen LogP contribution in [0, 0.1) is 5.82 Å². The van der Waals surface area contributed by atoms with Crippen molar-refractivity contribution < 1.29 is 23.2 Å². The zero-order chi connectivity index (χ0) is 21.3. The van der Waals surface area contributed by atoms with Gasteiger partial charge in [0.1, 0.15) is 11.5 Å². The highest BCUT2D eigenvalue weighted by Crippen LogP contribution is 2.29. The summed E-state index contributed by atoms with van der Waals surface area (Å²) >= 11 is 0. The fourth-order valence-electron chi connectivity index (χ4n) is 2.96. The topological polar surface area (TPSA) is 136 Å². The van der Waals surface area contributed by atoms with E-state index in [4.69, 9.17) is 15.0 Å². The summed E-state index contributed by atoms with van der Waals surface area (Å²) in [4.78, 5) is 32.9. The third kappa shape index (κ3) is 3.77. The van der Waals surface area contributed by atoms with Gasteiger partial charge in [-0.2, -0.15) is 4.98 Å². The van der Waals surface area contributed by atoms with Crippen LogP contribution in [0.3, 0.4) is 0 Å². The van der Waals surface area contributed by atoms with Gasteiger partial charge in [-0.05, 0) is 24.3 Å². The number of ether oxygens (including phenoxy) is 1. The number of cyclic esters (lactones) is 1. The van der Waals surface area contributed by atoms with Crippen molar-refractivity contribution >= 4 is 23.7 Å². The Balaban J connectivity index is 1.52. The molecule has 1 unspecified atom stereocenters. The lowest BCUT2D eigenvalue weighted by molar-refractivity contribution is -0.123. The van der Waals surface area contributed by atoms with E-state index in [0.29, 0.717) is 22.5 Å². The average Bonchev–Trinajstić information content (AvgIpc) is 3.33. The second-order valence-electron chi connectivity index (χ2n) is 6.46. The van der Waals surface area contributed by atoms with E-state index in [1.165, 1.54) is 17.2 Å². The van der Waals surface area contributed by atoms with Crippen molar-refractivity contribution in [1.29, 1.82) is 0 Å². The Morgan fingerprint density at radius 3 is 2.83 bits per heavy atom. The van der Waals surface area contributed by atoms with Gasteiger partial charge in [0.25, 0.3) is 0 Å². The minimum absolute atomic E-state index is 0.0746. The lowest BCUT2D eigenvalue weighted by Crippen LogP contribution is -2.37. The highest BCUT2D eigenvalue weighted by molar-refractivity contribution is 5.90. The van der Waals surface area contributed by atoms with Crippen LogP contribution in [-0.2, 0) is 9.53 Å². The minimum Gasteiger partial charge on any atom is -0.423 e. The number of hydrogen-bond donors (Lipinski definition) is 2. The predicted octanol–water partition coefficient (Wildman–Crippen LogP) is 2.33. The summed E-state index contributed by atoms with van der Waals surface area (Å²) in [6, 6.07) is 7.57. The second-order valence-corrected chi connectivity index (χ2v) is 6.46. The number of nitrogens with two attached hydrogens (primary N) is 1. The van der Waals surface area contributed by atoms with E-state index in [1.54, 1.807) is 31.2 Å². The Morgan fingerprint density at radius 2 is 2.20 bits per heavy atom. The van der Waals surface area contributed by atoms with Gasteiger partial charge in [0.05, 0.1) is 12.2 Å². The van der Waals surface area contributed by atoms with Gasteiger partial charge in [-0.1, -0.05) is 18.1 Å². The Morgan fingerprint density at radius 1 is 1.37 bits per heavy atom. The Hall–Kier alpha value is -4.02. The van der Waals surface area contributed by atoms with Crippen LogP contribution in [0.4, 0.5) is 20.9 Å². The van der Waals surface area contributed by atoms with Crippen LogP contribution in [0.15, 0.2) is 41.1 Å². The van der Waals surface area contributed by atoms with E-state index in [1.807, 2.05) is 0 Å². The molecule has 154 valence electrons. The molecule has 1 saturated heterocycles. The predicted molar refractivity (Wildman–Crippen MR) is 103 cm³/mol. The highest BCUT2D eigenvalue weighted by Gasteiger charge is 2.33. The molecule has 1 fully saturated rings. The molecular weight excluding hydrogens is 395 g/mol. The number of halogens is 1. The van der Waals surface area contributed by atoms with Crippen molar-refractivity contribution in [3.05, 3.63) is 42.3 Å². The molecule has 4 rings (SSSR count). The number of benzene rings is 1. The van der Waals surface area contributed by atoms with Crippen LogP contribution in [0.2, 0.25) is 0 Å². The molecule has 0 radical (unpaired) electrons. The van der Waals surface area contributed by atoms with E-state index in [0.717, 1.165) is 0 Å². The van der Waals surface area contributed by atoms with Crippen molar-refractivity contribution in [2.75, 3.05) is 17.2 Å². The molecule has 1 aromatic carbocycles. The average molecular weight is 412 g/mol. The number of carbonyl (C=O) groups is 2. The number of aromatic nitrogens is 3. The quantitative estimate of drug-likeness (QED) is 0.651. The van der Waals surface area contributed by atoms with Crippen LogP contribution in [-0.4, -0.2) is 39.9 Å². The molecule has 30 heavy (non-hydrogen) atoms. The molecular formula is C19H17FN6O4. The Bertz CT molecular complexity index is 1100. The highest BCUT2D eigenvalue weighted by atomic mass is 19.1. The zero-order valence-corrected chi connectivity index (χ0v) is 15.8. The number of hydrogen-bond acceptors (Lipinski definition) is 8. The van der Waals surface area contributed by atoms with Crippen molar-refractivity contribution in [2.45, 2.75) is 19.6 Å². The van der Waals surface area contributed by atoms with Crippen molar-refractivity contribution in [3.63, 3.8) is 0 Å². The number of amides is 2. The number of pyridine rings is 1. The first kappa shape index (κ1) is 19.3. The molecule has 11 heteroatoms. The van der Waals surface area contributed by atoms with Gasteiger partial charge in [0.15, 0.2) is 6.23 Å². The molecule has 0 saturated carbocycles. The lowest BCUT2D eigenvalue weighted by Gasteiger charge is -2.14. The standard InChI is InChI=1S/C19H17FN6O4/c1-2-15(27)23-16-9-26(19(28)29-16)11-4-5-12(13(20)7-11)10-3-6-14(22-8-10)17-24-18(21)30-25-17/h3-8,16H,2,9H2,1H3,(H,23,27)(H2,21,24,25). The number of nitrogens with one attached hydrogen (secondary N) is 1. The van der Waals surface area contributed by atoms with Gasteiger partial charge < -0.3 is 20.3 Å². The summed E-state index contributed by atoms with van der Waals surface area (Å²) in [6.45, 7) is 1.78. The normalized spacial score (nSPS) is 15.9. The zero-order valence-electron chi connectivity index (χ0n) is 15.8. The lowest BCUT2D eigenvalue weighted by atomic mass is 10.1. The molecule has 1 aliphatic heterocycles. The molecule has 10 nitrogen and oxygen atoms in total. The number of carbonyl (C=O) groups excluding carboxylic acids is 2. The maximum absolute atomic E-state index is 14.8. The van der Waals surface area contributed by atoms with E-state index < -0.39 is 18.1 Å². The molecule has 2 aromatic heterocycles. The summed E-state index contributed by atoms with van der Waals surface area (Å²) < 4.78 is 24.6. The van der Waals surface area contributed by atoms with E-state index in [-0.39, 0.29) is 30.7 Å². The third-order valence-corrected chi connectivity index (χ3v) is 4.46. The smallest absolute Gasteiger partial charge is 0.416 e. The molecule has 0 bridgehead atoms. The van der Waals surface area contributed by atoms with Crippen LogP contribution >= 0.6 is 0 Å². The first-order valence-corrected chi connectivity index (χ1v) is 9.07. The van der Waals surface area contributed by atoms with Crippen LogP contribution < -0.4 is 16.0 Å². The van der Waals surface area contributed by atoms with Crippen LogP contribution in [0.1, 0.15) is 13.3 Å². The molecule has 3 aromatic rings. The first-order valence-electron chi connectivity index (χ1n) is 9.07. The molecule has 3 heterocycles.